The Balaban J connectivity index is 2.42. The number of hydrogen-bond donors (Lipinski definition) is 0. The third-order valence-electron chi connectivity index (χ3n) is 7.47. The van der Waals surface area contributed by atoms with Crippen LogP contribution in [0.4, 0.5) is 0 Å². The highest BCUT2D eigenvalue weighted by Crippen LogP contribution is 2.45. The van der Waals surface area contributed by atoms with Crippen LogP contribution in [0.3, 0.4) is 0 Å². The summed E-state index contributed by atoms with van der Waals surface area (Å²) in [5.41, 5.74) is 1.86. The molecule has 2 rings (SSSR count). The molecule has 0 aliphatic carbocycles. The zero-order valence-electron chi connectivity index (χ0n) is 23.9. The SMILES string of the molecule is COC(=O)CN1C=C(C(=O)OCc2ccccc2)C(=O)CC1[C@H](O[Si](C(C)C)(C(C)C)C(C)C)C(C)C. The van der Waals surface area contributed by atoms with E-state index in [0.29, 0.717) is 16.6 Å². The first-order valence-corrected chi connectivity index (χ1v) is 15.5. The zero-order chi connectivity index (χ0) is 27.9. The number of carbonyl (C=O) groups excluding carboxylic acids is 3. The molecule has 7 nitrogen and oxygen atoms in total. The average molecular weight is 532 g/mol. The van der Waals surface area contributed by atoms with Gasteiger partial charge in [0.1, 0.15) is 18.7 Å². The van der Waals surface area contributed by atoms with Crippen LogP contribution in [0.15, 0.2) is 42.1 Å². The lowest BCUT2D eigenvalue weighted by Gasteiger charge is -2.49. The van der Waals surface area contributed by atoms with E-state index in [9.17, 15) is 14.4 Å². The van der Waals surface area contributed by atoms with E-state index in [-0.39, 0.29) is 43.0 Å². The van der Waals surface area contributed by atoms with Crippen molar-refractivity contribution in [3.63, 3.8) is 0 Å². The topological polar surface area (TPSA) is 82.1 Å². The molecule has 37 heavy (non-hydrogen) atoms. The molecular formula is C29H45NO6Si. The van der Waals surface area contributed by atoms with Crippen LogP contribution in [0.25, 0.3) is 0 Å². The highest BCUT2D eigenvalue weighted by molar-refractivity contribution is 6.77. The molecule has 1 aromatic rings. The molecule has 1 heterocycles. The van der Waals surface area contributed by atoms with E-state index >= 15 is 0 Å². The minimum absolute atomic E-state index is 0.0568. The van der Waals surface area contributed by atoms with Gasteiger partial charge in [0.2, 0.25) is 8.32 Å². The Kier molecular flexibility index (Phi) is 11.1. The first-order chi connectivity index (χ1) is 17.3. The molecule has 1 aliphatic rings. The highest BCUT2D eigenvalue weighted by Gasteiger charge is 2.49. The van der Waals surface area contributed by atoms with Crippen LogP contribution in [-0.2, 0) is 34.9 Å². The Morgan fingerprint density at radius 1 is 0.973 bits per heavy atom. The summed E-state index contributed by atoms with van der Waals surface area (Å²) >= 11 is 0. The van der Waals surface area contributed by atoms with E-state index in [2.05, 4.69) is 55.4 Å². The number of carbonyl (C=O) groups is 3. The molecule has 1 aliphatic heterocycles. The second-order valence-electron chi connectivity index (χ2n) is 11.2. The number of hydrogen-bond acceptors (Lipinski definition) is 7. The lowest BCUT2D eigenvalue weighted by atomic mass is 9.90. The molecule has 1 unspecified atom stereocenters. The van der Waals surface area contributed by atoms with E-state index < -0.39 is 26.3 Å². The first kappa shape index (κ1) is 30.8. The van der Waals surface area contributed by atoms with E-state index in [1.165, 1.54) is 13.3 Å². The van der Waals surface area contributed by atoms with Crippen molar-refractivity contribution in [3.05, 3.63) is 47.7 Å². The number of nitrogens with zero attached hydrogens (tertiary/aromatic N) is 1. The number of benzene rings is 1. The Morgan fingerprint density at radius 2 is 1.54 bits per heavy atom. The maximum absolute atomic E-state index is 13.3. The normalized spacial score (nSPS) is 17.4. The first-order valence-electron chi connectivity index (χ1n) is 13.3. The Labute approximate surface area is 223 Å². The van der Waals surface area contributed by atoms with Crippen molar-refractivity contribution < 1.29 is 28.3 Å². The van der Waals surface area contributed by atoms with Gasteiger partial charge in [-0.3, -0.25) is 9.59 Å². The summed E-state index contributed by atoms with van der Waals surface area (Å²) in [6.45, 7) is 17.5. The standard InChI is InChI=1S/C29H45NO6Si/c1-19(2)28(36-37(20(3)4,21(5)6)22(7)8)25-15-26(31)24(16-30(25)17-27(32)34-9)29(33)35-18-23-13-11-10-12-14-23/h10-14,16,19-22,25,28H,15,17-18H2,1-9H3/t25?,28-/m1/s1. The quantitative estimate of drug-likeness (QED) is 0.196. The molecular weight excluding hydrogens is 486 g/mol. The molecule has 0 fully saturated rings. The van der Waals surface area contributed by atoms with E-state index in [1.54, 1.807) is 4.90 Å². The minimum Gasteiger partial charge on any atom is -0.468 e. The average Bonchev–Trinajstić information content (AvgIpc) is 2.83. The summed E-state index contributed by atoms with van der Waals surface area (Å²) in [7, 11) is -0.964. The van der Waals surface area contributed by atoms with Crippen molar-refractivity contribution in [1.82, 2.24) is 4.90 Å². The van der Waals surface area contributed by atoms with Crippen LogP contribution in [-0.4, -0.2) is 56.7 Å². The predicted molar refractivity (Wildman–Crippen MR) is 147 cm³/mol. The maximum Gasteiger partial charge on any atom is 0.343 e. The van der Waals surface area contributed by atoms with Gasteiger partial charge >= 0.3 is 11.9 Å². The molecule has 0 saturated carbocycles. The van der Waals surface area contributed by atoms with Crippen molar-refractivity contribution in [3.8, 4) is 0 Å². The van der Waals surface area contributed by atoms with Gasteiger partial charge in [-0.15, -0.1) is 0 Å². The lowest BCUT2D eigenvalue weighted by Crippen LogP contribution is -2.58. The smallest absolute Gasteiger partial charge is 0.343 e. The van der Waals surface area contributed by atoms with E-state index in [4.69, 9.17) is 13.9 Å². The number of rotatable bonds is 12. The third kappa shape index (κ3) is 7.32. The fraction of sp³-hybridized carbons (Fsp3) is 0.621. The molecule has 206 valence electrons. The van der Waals surface area contributed by atoms with Gasteiger partial charge in [-0.05, 0) is 28.1 Å². The van der Waals surface area contributed by atoms with E-state index in [0.717, 1.165) is 5.56 Å². The van der Waals surface area contributed by atoms with Gasteiger partial charge in [0.05, 0.1) is 19.3 Å². The van der Waals surface area contributed by atoms with Crippen molar-refractivity contribution in [2.45, 2.75) is 97.2 Å². The summed E-state index contributed by atoms with van der Waals surface area (Å²) in [4.78, 5) is 40.3. The number of ketones is 1. The van der Waals surface area contributed by atoms with Crippen molar-refractivity contribution in [1.29, 1.82) is 0 Å². The molecule has 0 bridgehead atoms. The predicted octanol–water partition coefficient (Wildman–Crippen LogP) is 5.65. The summed E-state index contributed by atoms with van der Waals surface area (Å²) < 4.78 is 17.5. The van der Waals surface area contributed by atoms with Crippen LogP contribution in [0.5, 0.6) is 0 Å². The molecule has 0 aromatic heterocycles. The van der Waals surface area contributed by atoms with Crippen LogP contribution >= 0.6 is 0 Å². The molecule has 0 spiro atoms. The Morgan fingerprint density at radius 3 is 2.03 bits per heavy atom. The number of esters is 2. The minimum atomic E-state index is -2.29. The van der Waals surface area contributed by atoms with Gasteiger partial charge < -0.3 is 18.8 Å². The lowest BCUT2D eigenvalue weighted by molar-refractivity contribution is -0.146. The maximum atomic E-state index is 13.3. The highest BCUT2D eigenvalue weighted by atomic mass is 28.4. The summed E-state index contributed by atoms with van der Waals surface area (Å²) in [6, 6.07) is 8.90. The third-order valence-corrected chi connectivity index (χ3v) is 13.6. The van der Waals surface area contributed by atoms with Crippen molar-refractivity contribution in [2.24, 2.45) is 5.92 Å². The van der Waals surface area contributed by atoms with Gasteiger partial charge in [0, 0.05) is 12.6 Å². The number of Topliss-reactive ketones (excluding diaryl/α,β-unsaturated/α-hetero) is 1. The Bertz CT molecular complexity index is 935. The van der Waals surface area contributed by atoms with Crippen molar-refractivity contribution >= 4 is 26.0 Å². The van der Waals surface area contributed by atoms with Crippen LogP contribution in [0, 0.1) is 5.92 Å². The van der Waals surface area contributed by atoms with Gasteiger partial charge in [0.25, 0.3) is 0 Å². The number of methoxy groups -OCH3 is 1. The number of ether oxygens (including phenoxy) is 2. The summed E-state index contributed by atoms with van der Waals surface area (Å²) in [5.74, 6) is -1.36. The van der Waals surface area contributed by atoms with Crippen LogP contribution < -0.4 is 0 Å². The van der Waals surface area contributed by atoms with Crippen molar-refractivity contribution in [2.75, 3.05) is 13.7 Å². The second kappa shape index (κ2) is 13.4. The second-order valence-corrected chi connectivity index (χ2v) is 16.6. The molecule has 0 amide bonds. The summed E-state index contributed by atoms with van der Waals surface area (Å²) in [6.07, 6.45) is 1.24. The van der Waals surface area contributed by atoms with Gasteiger partial charge in [0.15, 0.2) is 5.78 Å². The largest absolute Gasteiger partial charge is 0.468 e. The molecule has 8 heteroatoms. The summed E-state index contributed by atoms with van der Waals surface area (Å²) in [5, 5.41) is 0. The molecule has 0 N–H and O–H groups in total. The van der Waals surface area contributed by atoms with Crippen LogP contribution in [0.2, 0.25) is 16.6 Å². The monoisotopic (exact) mass is 531 g/mol. The molecule has 0 saturated heterocycles. The zero-order valence-corrected chi connectivity index (χ0v) is 24.9. The molecule has 0 radical (unpaired) electrons. The van der Waals surface area contributed by atoms with Crippen LogP contribution in [0.1, 0.15) is 67.4 Å². The van der Waals surface area contributed by atoms with Gasteiger partial charge in [-0.25, -0.2) is 4.79 Å². The Hall–Kier alpha value is -2.45. The van der Waals surface area contributed by atoms with Gasteiger partial charge in [-0.1, -0.05) is 85.7 Å². The molecule has 2 atom stereocenters. The fourth-order valence-electron chi connectivity index (χ4n) is 5.70. The molecule has 1 aromatic carbocycles. The fourth-order valence-corrected chi connectivity index (χ4v) is 11.4. The van der Waals surface area contributed by atoms with Gasteiger partial charge in [-0.2, -0.15) is 0 Å². The van der Waals surface area contributed by atoms with E-state index in [1.807, 2.05) is 30.3 Å².